The number of alkyl halides is 1. The van der Waals surface area contributed by atoms with Crippen molar-refractivity contribution in [2.45, 2.75) is 25.1 Å². The molecule has 0 spiro atoms. The number of carbonyl (C=O) groups excluding carboxylic acids is 1. The summed E-state index contributed by atoms with van der Waals surface area (Å²) >= 11 is 3.16. The van der Waals surface area contributed by atoms with Crippen molar-refractivity contribution in [2.75, 3.05) is 0 Å². The summed E-state index contributed by atoms with van der Waals surface area (Å²) < 4.78 is 0. The third-order valence-electron chi connectivity index (χ3n) is 2.69. The van der Waals surface area contributed by atoms with Gasteiger partial charge in [0.25, 0.3) is 5.69 Å². The molecule has 5 nitrogen and oxygen atoms in total. The maximum atomic E-state index is 11.0. The molecule has 0 bridgehead atoms. The van der Waals surface area contributed by atoms with Crippen LogP contribution in [0.25, 0.3) is 0 Å². The molecule has 17 heavy (non-hydrogen) atoms. The number of rotatable bonds is 4. The first-order chi connectivity index (χ1) is 7.84. The smallest absolute Gasteiger partial charge is 0.272 e. The second kappa shape index (κ2) is 5.27. The van der Waals surface area contributed by atoms with E-state index in [0.29, 0.717) is 12.0 Å². The molecule has 0 radical (unpaired) electrons. The highest BCUT2D eigenvalue weighted by molar-refractivity contribution is 9.10. The molecule has 0 saturated heterocycles. The van der Waals surface area contributed by atoms with E-state index >= 15 is 0 Å². The number of hydrogen-bond acceptors (Lipinski definition) is 3. The van der Waals surface area contributed by atoms with Gasteiger partial charge in [0.05, 0.1) is 9.75 Å². The van der Waals surface area contributed by atoms with Gasteiger partial charge in [0, 0.05) is 11.6 Å². The van der Waals surface area contributed by atoms with Crippen LogP contribution in [0.1, 0.15) is 16.7 Å². The molecule has 1 rings (SSSR count). The molecule has 0 heterocycles. The lowest BCUT2D eigenvalue weighted by molar-refractivity contribution is -0.385. The Labute approximate surface area is 107 Å². The number of nitro groups is 1. The first-order valence-electron chi connectivity index (χ1n) is 5.01. The van der Waals surface area contributed by atoms with Crippen molar-refractivity contribution in [2.24, 2.45) is 5.73 Å². The predicted molar refractivity (Wildman–Crippen MR) is 68.2 cm³/mol. The van der Waals surface area contributed by atoms with Crippen molar-refractivity contribution in [1.82, 2.24) is 0 Å². The Hall–Kier alpha value is -1.43. The summed E-state index contributed by atoms with van der Waals surface area (Å²) in [6.07, 6.45) is 0.356. The van der Waals surface area contributed by atoms with Crippen molar-refractivity contribution in [1.29, 1.82) is 0 Å². The standard InChI is InChI=1S/C11H13BrN2O3/c1-6-3-4-10(14(16)17)7(2)8(6)5-9(12)11(13)15/h3-4,9H,5H2,1-2H3,(H2,13,15). The Morgan fingerprint density at radius 2 is 2.12 bits per heavy atom. The Morgan fingerprint density at radius 3 is 2.59 bits per heavy atom. The minimum absolute atomic E-state index is 0.0646. The van der Waals surface area contributed by atoms with E-state index in [-0.39, 0.29) is 5.69 Å². The largest absolute Gasteiger partial charge is 0.369 e. The van der Waals surface area contributed by atoms with E-state index in [4.69, 9.17) is 5.73 Å². The third-order valence-corrected chi connectivity index (χ3v) is 3.47. The summed E-state index contributed by atoms with van der Waals surface area (Å²) in [4.78, 5) is 20.9. The zero-order chi connectivity index (χ0) is 13.2. The lowest BCUT2D eigenvalue weighted by Gasteiger charge is -2.12. The van der Waals surface area contributed by atoms with Crippen LogP contribution >= 0.6 is 15.9 Å². The molecule has 92 valence electrons. The number of nitro benzene ring substituents is 1. The molecular formula is C11H13BrN2O3. The van der Waals surface area contributed by atoms with Gasteiger partial charge < -0.3 is 5.73 Å². The summed E-state index contributed by atoms with van der Waals surface area (Å²) in [6, 6.07) is 3.16. The van der Waals surface area contributed by atoms with E-state index in [2.05, 4.69) is 15.9 Å². The molecule has 1 aromatic rings. The van der Waals surface area contributed by atoms with Crippen LogP contribution in [0, 0.1) is 24.0 Å². The highest BCUT2D eigenvalue weighted by Gasteiger charge is 2.19. The second-order valence-electron chi connectivity index (χ2n) is 3.84. The van der Waals surface area contributed by atoms with Crippen LogP contribution in [-0.2, 0) is 11.2 Å². The molecule has 6 heteroatoms. The van der Waals surface area contributed by atoms with Gasteiger partial charge >= 0.3 is 0 Å². The number of amides is 1. The van der Waals surface area contributed by atoms with Crippen LogP contribution in [0.3, 0.4) is 0 Å². The molecule has 0 saturated carbocycles. The number of nitrogens with zero attached hydrogens (tertiary/aromatic N) is 1. The molecule has 1 unspecified atom stereocenters. The van der Waals surface area contributed by atoms with E-state index in [1.807, 2.05) is 6.92 Å². The number of halogens is 1. The maximum absolute atomic E-state index is 11.0. The van der Waals surface area contributed by atoms with Crippen LogP contribution in [-0.4, -0.2) is 15.7 Å². The second-order valence-corrected chi connectivity index (χ2v) is 4.94. The number of aryl methyl sites for hydroxylation is 1. The highest BCUT2D eigenvalue weighted by atomic mass is 79.9. The minimum Gasteiger partial charge on any atom is -0.369 e. The van der Waals surface area contributed by atoms with E-state index in [0.717, 1.165) is 11.1 Å². The first kappa shape index (κ1) is 13.6. The van der Waals surface area contributed by atoms with E-state index in [1.54, 1.807) is 13.0 Å². The molecular weight excluding hydrogens is 288 g/mol. The first-order valence-corrected chi connectivity index (χ1v) is 5.93. The van der Waals surface area contributed by atoms with Crippen molar-refractivity contribution in [3.63, 3.8) is 0 Å². The van der Waals surface area contributed by atoms with Crippen LogP contribution < -0.4 is 5.73 Å². The fraction of sp³-hybridized carbons (Fsp3) is 0.364. The number of hydrogen-bond donors (Lipinski definition) is 1. The molecule has 1 aromatic carbocycles. The van der Waals surface area contributed by atoms with E-state index < -0.39 is 15.7 Å². The third kappa shape index (κ3) is 3.03. The summed E-state index contributed by atoms with van der Waals surface area (Å²) in [5, 5.41) is 10.8. The monoisotopic (exact) mass is 300 g/mol. The number of nitrogens with two attached hydrogens (primary N) is 1. The molecule has 2 N–H and O–H groups in total. The summed E-state index contributed by atoms with van der Waals surface area (Å²) in [5.41, 5.74) is 7.52. The molecule has 0 aliphatic heterocycles. The summed E-state index contributed by atoms with van der Waals surface area (Å²) in [5.74, 6) is -0.477. The van der Waals surface area contributed by atoms with Gasteiger partial charge in [0.2, 0.25) is 5.91 Å². The Morgan fingerprint density at radius 1 is 1.53 bits per heavy atom. The van der Waals surface area contributed by atoms with Gasteiger partial charge in [-0.3, -0.25) is 14.9 Å². The van der Waals surface area contributed by atoms with Gasteiger partial charge in [0.1, 0.15) is 0 Å². The van der Waals surface area contributed by atoms with Gasteiger partial charge in [-0.1, -0.05) is 22.0 Å². The number of benzene rings is 1. The van der Waals surface area contributed by atoms with E-state index in [9.17, 15) is 14.9 Å². The molecule has 0 fully saturated rings. The average Bonchev–Trinajstić information content (AvgIpc) is 2.22. The van der Waals surface area contributed by atoms with Gasteiger partial charge in [-0.25, -0.2) is 0 Å². The zero-order valence-electron chi connectivity index (χ0n) is 9.57. The van der Waals surface area contributed by atoms with Crippen molar-refractivity contribution in [3.8, 4) is 0 Å². The van der Waals surface area contributed by atoms with Crippen LogP contribution in [0.2, 0.25) is 0 Å². The summed E-state index contributed by atoms with van der Waals surface area (Å²) in [6.45, 7) is 3.54. The fourth-order valence-electron chi connectivity index (χ4n) is 1.67. The molecule has 1 atom stereocenters. The highest BCUT2D eigenvalue weighted by Crippen LogP contribution is 2.26. The fourth-order valence-corrected chi connectivity index (χ4v) is 2.00. The Balaban J connectivity index is 3.18. The zero-order valence-corrected chi connectivity index (χ0v) is 11.2. The van der Waals surface area contributed by atoms with Crippen LogP contribution in [0.4, 0.5) is 5.69 Å². The van der Waals surface area contributed by atoms with Crippen molar-refractivity contribution in [3.05, 3.63) is 38.9 Å². The lowest BCUT2D eigenvalue weighted by atomic mass is 9.97. The van der Waals surface area contributed by atoms with Crippen molar-refractivity contribution < 1.29 is 9.72 Å². The van der Waals surface area contributed by atoms with Gasteiger partial charge in [-0.2, -0.15) is 0 Å². The van der Waals surface area contributed by atoms with Crippen LogP contribution in [0.5, 0.6) is 0 Å². The number of carbonyl (C=O) groups is 1. The predicted octanol–water partition coefficient (Wildman–Crippen LogP) is 2.00. The molecule has 0 aromatic heterocycles. The SMILES string of the molecule is Cc1ccc([N+](=O)[O-])c(C)c1CC(Br)C(N)=O. The van der Waals surface area contributed by atoms with Crippen LogP contribution in [0.15, 0.2) is 12.1 Å². The van der Waals surface area contributed by atoms with Gasteiger partial charge in [0.15, 0.2) is 0 Å². The molecule has 0 aliphatic rings. The Kier molecular flexibility index (Phi) is 4.22. The van der Waals surface area contributed by atoms with Gasteiger partial charge in [-0.05, 0) is 31.4 Å². The minimum atomic E-state index is -0.512. The lowest BCUT2D eigenvalue weighted by Crippen LogP contribution is -2.25. The van der Waals surface area contributed by atoms with Crippen molar-refractivity contribution >= 4 is 27.5 Å². The quantitative estimate of drug-likeness (QED) is 0.524. The normalized spacial score (nSPS) is 12.2. The maximum Gasteiger partial charge on any atom is 0.272 e. The van der Waals surface area contributed by atoms with Gasteiger partial charge in [-0.15, -0.1) is 0 Å². The Bertz CT molecular complexity index is 474. The summed E-state index contributed by atoms with van der Waals surface area (Å²) in [7, 11) is 0. The topological polar surface area (TPSA) is 86.2 Å². The molecule has 1 amide bonds. The average molecular weight is 301 g/mol. The molecule has 0 aliphatic carbocycles. The number of primary amides is 1. The van der Waals surface area contributed by atoms with E-state index in [1.165, 1.54) is 6.07 Å².